The van der Waals surface area contributed by atoms with Gasteiger partial charge in [-0.15, -0.1) is 0 Å². The average molecular weight is 263 g/mol. The Morgan fingerprint density at radius 1 is 1.42 bits per heavy atom. The van der Waals surface area contributed by atoms with E-state index in [1.165, 1.54) is 24.8 Å². The van der Waals surface area contributed by atoms with Gasteiger partial charge in [0.2, 0.25) is 0 Å². The molecule has 0 amide bonds. The smallest absolute Gasteiger partial charge is 0.0521 e. The fraction of sp³-hybridized carbons (Fsp3) is 0.812. The molecule has 1 saturated carbocycles. The molecule has 0 bridgehead atoms. The average Bonchev–Trinajstić information content (AvgIpc) is 2.75. The lowest BCUT2D eigenvalue weighted by Gasteiger charge is -2.42. The molecule has 1 aromatic rings. The zero-order valence-corrected chi connectivity index (χ0v) is 12.9. The summed E-state index contributed by atoms with van der Waals surface area (Å²) in [4.78, 5) is 0. The van der Waals surface area contributed by atoms with Gasteiger partial charge in [-0.1, -0.05) is 27.2 Å². The Labute approximate surface area is 117 Å². The van der Waals surface area contributed by atoms with E-state index >= 15 is 0 Å². The van der Waals surface area contributed by atoms with Crippen LogP contribution in [0.5, 0.6) is 0 Å². The Morgan fingerprint density at radius 2 is 2.16 bits per heavy atom. The van der Waals surface area contributed by atoms with Crippen molar-refractivity contribution in [1.82, 2.24) is 9.78 Å². The minimum atomic E-state index is 0.265. The summed E-state index contributed by atoms with van der Waals surface area (Å²) in [5, 5.41) is 4.38. The number of rotatable bonds is 4. The Kier molecular flexibility index (Phi) is 4.34. The molecule has 1 fully saturated rings. The van der Waals surface area contributed by atoms with Gasteiger partial charge in [-0.2, -0.15) is 5.10 Å². The molecular weight excluding hydrogens is 234 g/mol. The van der Waals surface area contributed by atoms with Crippen molar-refractivity contribution in [1.29, 1.82) is 0 Å². The zero-order valence-electron chi connectivity index (χ0n) is 12.9. The molecule has 3 nitrogen and oxygen atoms in total. The molecule has 2 N–H and O–H groups in total. The van der Waals surface area contributed by atoms with Crippen LogP contribution in [-0.2, 0) is 13.0 Å². The van der Waals surface area contributed by atoms with Crippen molar-refractivity contribution in [3.05, 3.63) is 18.0 Å². The minimum Gasteiger partial charge on any atom is -0.327 e. The maximum absolute atomic E-state index is 6.42. The van der Waals surface area contributed by atoms with Crippen LogP contribution in [0.25, 0.3) is 0 Å². The molecule has 1 aliphatic rings. The van der Waals surface area contributed by atoms with Crippen LogP contribution >= 0.6 is 0 Å². The third-order valence-corrected chi connectivity index (χ3v) is 4.84. The number of nitrogens with zero attached hydrogens (tertiary/aromatic N) is 2. The summed E-state index contributed by atoms with van der Waals surface area (Å²) in [5.74, 6) is 1.43. The van der Waals surface area contributed by atoms with Crippen LogP contribution in [0.4, 0.5) is 0 Å². The van der Waals surface area contributed by atoms with Gasteiger partial charge in [0.05, 0.1) is 6.20 Å². The van der Waals surface area contributed by atoms with Crippen LogP contribution in [0.2, 0.25) is 0 Å². The first-order valence-corrected chi connectivity index (χ1v) is 7.69. The van der Waals surface area contributed by atoms with E-state index in [0.29, 0.717) is 12.0 Å². The van der Waals surface area contributed by atoms with Gasteiger partial charge in [-0.05, 0) is 49.0 Å². The first kappa shape index (κ1) is 14.6. The SMILES string of the molecule is CCn1cc(CC(C)(C)C2CCC(C)CC2N)cn1. The van der Waals surface area contributed by atoms with E-state index < -0.39 is 0 Å². The molecule has 3 unspecified atom stereocenters. The van der Waals surface area contributed by atoms with Gasteiger partial charge in [0.25, 0.3) is 0 Å². The monoisotopic (exact) mass is 263 g/mol. The third-order valence-electron chi connectivity index (χ3n) is 4.84. The Hall–Kier alpha value is -0.830. The quantitative estimate of drug-likeness (QED) is 0.906. The van der Waals surface area contributed by atoms with Gasteiger partial charge in [0, 0.05) is 18.8 Å². The second kappa shape index (κ2) is 5.66. The second-order valence-corrected chi connectivity index (χ2v) is 7.06. The fourth-order valence-electron chi connectivity index (χ4n) is 3.72. The fourth-order valence-corrected chi connectivity index (χ4v) is 3.72. The number of aromatic nitrogens is 2. The molecule has 3 heteroatoms. The number of aryl methyl sites for hydroxylation is 1. The summed E-state index contributed by atoms with van der Waals surface area (Å²) in [6, 6.07) is 0.361. The van der Waals surface area contributed by atoms with Crippen molar-refractivity contribution in [2.45, 2.75) is 66.0 Å². The molecule has 1 aliphatic carbocycles. The summed E-state index contributed by atoms with van der Waals surface area (Å²) in [6.45, 7) is 10.1. The van der Waals surface area contributed by atoms with Crippen LogP contribution in [0.3, 0.4) is 0 Å². The number of hydrogen-bond donors (Lipinski definition) is 1. The van der Waals surface area contributed by atoms with Crippen LogP contribution in [0, 0.1) is 17.3 Å². The molecule has 0 radical (unpaired) electrons. The lowest BCUT2D eigenvalue weighted by molar-refractivity contribution is 0.113. The van der Waals surface area contributed by atoms with Gasteiger partial charge in [-0.25, -0.2) is 0 Å². The van der Waals surface area contributed by atoms with Crippen LogP contribution in [-0.4, -0.2) is 15.8 Å². The lowest BCUT2D eigenvalue weighted by atomic mass is 9.65. The topological polar surface area (TPSA) is 43.8 Å². The van der Waals surface area contributed by atoms with Crippen LogP contribution in [0.1, 0.15) is 52.5 Å². The molecule has 2 rings (SSSR count). The van der Waals surface area contributed by atoms with E-state index in [2.05, 4.69) is 39.0 Å². The van der Waals surface area contributed by atoms with Crippen LogP contribution in [0.15, 0.2) is 12.4 Å². The van der Waals surface area contributed by atoms with Crippen molar-refractivity contribution in [3.63, 3.8) is 0 Å². The summed E-state index contributed by atoms with van der Waals surface area (Å²) in [5.41, 5.74) is 8.03. The first-order valence-electron chi connectivity index (χ1n) is 7.69. The molecule has 0 aliphatic heterocycles. The van der Waals surface area contributed by atoms with E-state index in [-0.39, 0.29) is 5.41 Å². The molecule has 0 saturated heterocycles. The van der Waals surface area contributed by atoms with Gasteiger partial charge in [-0.3, -0.25) is 4.68 Å². The predicted molar refractivity (Wildman–Crippen MR) is 79.9 cm³/mol. The van der Waals surface area contributed by atoms with Crippen molar-refractivity contribution >= 4 is 0 Å². The van der Waals surface area contributed by atoms with Crippen molar-refractivity contribution in [2.24, 2.45) is 23.0 Å². The highest BCUT2D eigenvalue weighted by molar-refractivity contribution is 5.08. The summed E-state index contributed by atoms with van der Waals surface area (Å²) >= 11 is 0. The van der Waals surface area contributed by atoms with Crippen molar-refractivity contribution < 1.29 is 0 Å². The van der Waals surface area contributed by atoms with E-state index in [1.54, 1.807) is 0 Å². The molecule has 0 spiro atoms. The van der Waals surface area contributed by atoms with E-state index in [1.807, 2.05) is 10.9 Å². The maximum Gasteiger partial charge on any atom is 0.0521 e. The molecule has 0 aromatic carbocycles. The van der Waals surface area contributed by atoms with E-state index in [0.717, 1.165) is 18.9 Å². The molecule has 3 atom stereocenters. The largest absolute Gasteiger partial charge is 0.327 e. The number of hydrogen-bond acceptors (Lipinski definition) is 2. The van der Waals surface area contributed by atoms with Crippen LogP contribution < -0.4 is 5.73 Å². The zero-order chi connectivity index (χ0) is 14.0. The summed E-state index contributed by atoms with van der Waals surface area (Å²) < 4.78 is 2.01. The minimum absolute atomic E-state index is 0.265. The molecular formula is C16H29N3. The normalized spacial score (nSPS) is 28.6. The lowest BCUT2D eigenvalue weighted by Crippen LogP contribution is -2.44. The third kappa shape index (κ3) is 3.38. The molecule has 1 heterocycles. The van der Waals surface area contributed by atoms with Gasteiger partial charge >= 0.3 is 0 Å². The standard InChI is InChI=1S/C16H29N3/c1-5-19-11-13(10-18-19)9-16(3,4)14-7-6-12(2)8-15(14)17/h10-12,14-15H,5-9,17H2,1-4H3. The van der Waals surface area contributed by atoms with Gasteiger partial charge in [0.1, 0.15) is 0 Å². The van der Waals surface area contributed by atoms with E-state index in [9.17, 15) is 0 Å². The Balaban J connectivity index is 2.04. The Morgan fingerprint density at radius 3 is 2.74 bits per heavy atom. The summed E-state index contributed by atoms with van der Waals surface area (Å²) in [7, 11) is 0. The van der Waals surface area contributed by atoms with Gasteiger partial charge in [0.15, 0.2) is 0 Å². The highest BCUT2D eigenvalue weighted by Crippen LogP contribution is 2.41. The molecule has 19 heavy (non-hydrogen) atoms. The number of nitrogens with two attached hydrogens (primary N) is 1. The van der Waals surface area contributed by atoms with Gasteiger partial charge < -0.3 is 5.73 Å². The van der Waals surface area contributed by atoms with Crippen molar-refractivity contribution in [3.8, 4) is 0 Å². The second-order valence-electron chi connectivity index (χ2n) is 7.06. The highest BCUT2D eigenvalue weighted by Gasteiger charge is 2.37. The van der Waals surface area contributed by atoms with Crippen molar-refractivity contribution in [2.75, 3.05) is 0 Å². The summed E-state index contributed by atoms with van der Waals surface area (Å²) in [6.07, 6.45) is 9.07. The first-order chi connectivity index (χ1) is 8.92. The highest BCUT2D eigenvalue weighted by atomic mass is 15.3. The maximum atomic E-state index is 6.42. The molecule has 108 valence electrons. The Bertz CT molecular complexity index is 408. The predicted octanol–water partition coefficient (Wildman–Crippen LogP) is 3.24. The van der Waals surface area contributed by atoms with E-state index in [4.69, 9.17) is 5.73 Å². The molecule has 1 aromatic heterocycles.